The molecule has 68 heavy (non-hydrogen) atoms. The number of benzene rings is 4. The molecule has 0 amide bonds. The van der Waals surface area contributed by atoms with E-state index in [0.717, 1.165) is 0 Å². The third-order valence-electron chi connectivity index (χ3n) is 11.4. The molecule has 1 heterocycles. The van der Waals surface area contributed by atoms with E-state index in [-0.39, 0.29) is 0 Å². The number of rotatable bonds is 7. The number of hydrogen-bond donors (Lipinski definition) is 0. The van der Waals surface area contributed by atoms with Crippen molar-refractivity contribution in [3.63, 3.8) is 0 Å². The van der Waals surface area contributed by atoms with E-state index in [0.29, 0.717) is 0 Å². The Balaban J connectivity index is 0.000000802. The van der Waals surface area contributed by atoms with E-state index in [4.69, 9.17) is 0 Å². The van der Waals surface area contributed by atoms with Gasteiger partial charge in [0.05, 0.1) is 71.2 Å². The maximum atomic E-state index is 14.2. The van der Waals surface area contributed by atoms with E-state index in [1.807, 2.05) is 0 Å². The summed E-state index contributed by atoms with van der Waals surface area (Å²) in [4.78, 5) is 0. The summed E-state index contributed by atoms with van der Waals surface area (Å²) >= 11 is 0. The van der Waals surface area contributed by atoms with Crippen molar-refractivity contribution in [1.29, 1.82) is 0 Å². The Morgan fingerprint density at radius 2 is 0.529 bits per heavy atom. The second-order valence-electron chi connectivity index (χ2n) is 16.4. The molecule has 4 aromatic rings. The highest BCUT2D eigenvalue weighted by atomic mass is 19.4. The Hall–Kier alpha value is -4.78. The quantitative estimate of drug-likeness (QED) is 0.0983. The van der Waals surface area contributed by atoms with Crippen molar-refractivity contribution < 1.29 is 110 Å². The zero-order valence-electron chi connectivity index (χ0n) is 34.7. The Morgan fingerprint density at radius 3 is 0.691 bits per heavy atom. The second kappa shape index (κ2) is 18.9. The first-order valence-corrected chi connectivity index (χ1v) is 19.7. The first-order chi connectivity index (χ1) is 30.5. The van der Waals surface area contributed by atoms with E-state index < -0.39 is 195 Å². The number of halogens is 24. The van der Waals surface area contributed by atoms with Crippen LogP contribution in [0.4, 0.5) is 105 Å². The van der Waals surface area contributed by atoms with E-state index in [1.54, 1.807) is 0 Å². The molecule has 1 saturated heterocycles. The molecule has 0 aliphatic carbocycles. The zero-order valence-corrected chi connectivity index (χ0v) is 34.7. The summed E-state index contributed by atoms with van der Waals surface area (Å²) in [6.07, 6.45) is -47.6. The summed E-state index contributed by atoms with van der Waals surface area (Å²) in [5.74, 6) is 0. The fourth-order valence-electron chi connectivity index (χ4n) is 8.11. The summed E-state index contributed by atoms with van der Waals surface area (Å²) in [7, 11) is 2.43. The van der Waals surface area contributed by atoms with Gasteiger partial charge in [-0.2, -0.15) is 127 Å². The van der Waals surface area contributed by atoms with Crippen LogP contribution in [0.15, 0.2) is 72.8 Å². The van der Waals surface area contributed by atoms with E-state index in [2.05, 4.69) is 14.0 Å². The Bertz CT molecular complexity index is 1950. The highest BCUT2D eigenvalue weighted by Crippen LogP contribution is 2.41. The number of nitrogens with zero attached hydrogens (tertiary/aromatic N) is 1. The molecule has 5 rings (SSSR count). The average molecular weight is 1020 g/mol. The standard InChI is InChI=1S/C32H12BF24.C10H22N/c34-25(35,36)13-1-14(26(37,38)39)6-21(5-13)33(22-7-15(27(40,41)42)2-16(8-22)28(43,44)45,23-9-17(29(46,47)48)3-18(10-23)30(49,50)51)24-11-19(31(52,53)54)4-20(12-24)32(55,56)57;1-3-4-8-11(2)9-6-5-7-10-11/h1-12H;3-10H2,1-2H3/q-1;+1. The minimum absolute atomic E-state index is 0.691. The van der Waals surface area contributed by atoms with Crippen molar-refractivity contribution in [3.8, 4) is 0 Å². The van der Waals surface area contributed by atoms with E-state index in [9.17, 15) is 105 Å². The molecular formula is C42H34BF24N. The predicted molar refractivity (Wildman–Crippen MR) is 200 cm³/mol. The Labute approximate surface area is 370 Å². The van der Waals surface area contributed by atoms with Crippen molar-refractivity contribution in [2.24, 2.45) is 0 Å². The molecule has 378 valence electrons. The smallest absolute Gasteiger partial charge is 0.326 e. The topological polar surface area (TPSA) is 0 Å². The minimum atomic E-state index is -6.13. The number of likely N-dealkylation sites (tertiary alicyclic amines) is 1. The maximum Gasteiger partial charge on any atom is 0.416 e. The van der Waals surface area contributed by atoms with Gasteiger partial charge in [0.25, 0.3) is 0 Å². The molecule has 0 spiro atoms. The fourth-order valence-corrected chi connectivity index (χ4v) is 8.11. The van der Waals surface area contributed by atoms with Crippen LogP contribution in [0.1, 0.15) is 83.5 Å². The van der Waals surface area contributed by atoms with Crippen molar-refractivity contribution in [2.45, 2.75) is 88.4 Å². The molecule has 0 N–H and O–H groups in total. The predicted octanol–water partition coefficient (Wildman–Crippen LogP) is 13.6. The molecule has 1 aliphatic heterocycles. The van der Waals surface area contributed by atoms with Gasteiger partial charge in [-0.15, -0.1) is 0 Å². The summed E-state index contributed by atoms with van der Waals surface area (Å²) < 4.78 is 342. The van der Waals surface area contributed by atoms with Crippen LogP contribution < -0.4 is 21.9 Å². The molecule has 0 saturated carbocycles. The van der Waals surface area contributed by atoms with Crippen molar-refractivity contribution >= 4 is 28.0 Å². The minimum Gasteiger partial charge on any atom is -0.326 e. The van der Waals surface area contributed by atoms with Gasteiger partial charge in [-0.1, -0.05) is 61.9 Å². The number of piperidine rings is 1. The van der Waals surface area contributed by atoms with Crippen LogP contribution in [-0.2, 0) is 49.4 Å². The van der Waals surface area contributed by atoms with Crippen LogP contribution in [0.25, 0.3) is 0 Å². The van der Waals surface area contributed by atoms with E-state index >= 15 is 0 Å². The van der Waals surface area contributed by atoms with Gasteiger partial charge in [0, 0.05) is 0 Å². The largest absolute Gasteiger partial charge is 0.416 e. The van der Waals surface area contributed by atoms with Gasteiger partial charge in [-0.05, 0) is 49.9 Å². The molecule has 0 radical (unpaired) electrons. The first kappa shape index (κ1) is 55.8. The number of quaternary nitrogens is 1. The van der Waals surface area contributed by atoms with Crippen LogP contribution in [0.3, 0.4) is 0 Å². The van der Waals surface area contributed by atoms with Crippen LogP contribution >= 0.6 is 0 Å². The molecule has 1 fully saturated rings. The lowest BCUT2D eigenvalue weighted by Gasteiger charge is -2.46. The van der Waals surface area contributed by atoms with Gasteiger partial charge in [0.1, 0.15) is 6.15 Å². The number of alkyl halides is 24. The van der Waals surface area contributed by atoms with Crippen LogP contribution in [0, 0.1) is 0 Å². The summed E-state index contributed by atoms with van der Waals surface area (Å²) in [5, 5.41) is 0. The highest BCUT2D eigenvalue weighted by Gasteiger charge is 2.47. The molecular weight excluding hydrogens is 985 g/mol. The highest BCUT2D eigenvalue weighted by molar-refractivity contribution is 7.20. The van der Waals surface area contributed by atoms with Crippen molar-refractivity contribution in [2.75, 3.05) is 26.7 Å². The van der Waals surface area contributed by atoms with Crippen molar-refractivity contribution in [1.82, 2.24) is 0 Å². The fraction of sp³-hybridized carbons (Fsp3) is 0.429. The first-order valence-electron chi connectivity index (χ1n) is 19.7. The Morgan fingerprint density at radius 1 is 0.338 bits per heavy atom. The monoisotopic (exact) mass is 1020 g/mol. The number of unbranched alkanes of at least 4 members (excludes halogenated alkanes) is 1. The van der Waals surface area contributed by atoms with Gasteiger partial charge in [0.2, 0.25) is 0 Å². The maximum absolute atomic E-state index is 14.2. The Kier molecular flexibility index (Phi) is 15.5. The molecule has 4 aromatic carbocycles. The molecule has 0 atom stereocenters. The van der Waals surface area contributed by atoms with Crippen LogP contribution in [0.5, 0.6) is 0 Å². The van der Waals surface area contributed by atoms with Gasteiger partial charge in [-0.3, -0.25) is 0 Å². The third kappa shape index (κ3) is 13.1. The van der Waals surface area contributed by atoms with Gasteiger partial charge < -0.3 is 4.48 Å². The lowest BCUT2D eigenvalue weighted by Crippen LogP contribution is -2.75. The summed E-state index contributed by atoms with van der Waals surface area (Å²) in [6.45, 7) is 6.56. The summed E-state index contributed by atoms with van der Waals surface area (Å²) in [5.41, 5.74) is -30.2. The van der Waals surface area contributed by atoms with Gasteiger partial charge in [-0.25, -0.2) is 0 Å². The van der Waals surface area contributed by atoms with Crippen LogP contribution in [-0.4, -0.2) is 37.3 Å². The number of hydrogen-bond acceptors (Lipinski definition) is 0. The second-order valence-corrected chi connectivity index (χ2v) is 16.4. The molecule has 0 unspecified atom stereocenters. The van der Waals surface area contributed by atoms with Gasteiger partial charge in [0.15, 0.2) is 0 Å². The SMILES string of the molecule is CCCC[N+]1(C)CCCCC1.FC(F)(F)c1cc([B-](c2cc(C(F)(F)F)cc(C(F)(F)F)c2)(c2cc(C(F)(F)F)cc(C(F)(F)F)c2)c2cc(C(F)(F)F)cc(C(F)(F)F)c2)cc(C(F)(F)F)c1. The molecule has 0 aromatic heterocycles. The summed E-state index contributed by atoms with van der Waals surface area (Å²) in [6, 6.07) is -8.81. The van der Waals surface area contributed by atoms with E-state index in [1.165, 1.54) is 56.2 Å². The van der Waals surface area contributed by atoms with Crippen LogP contribution in [0.2, 0.25) is 0 Å². The average Bonchev–Trinajstić information content (AvgIpc) is 3.18. The van der Waals surface area contributed by atoms with Crippen molar-refractivity contribution in [3.05, 3.63) is 117 Å². The zero-order chi connectivity index (χ0) is 52.1. The molecule has 1 aliphatic rings. The third-order valence-corrected chi connectivity index (χ3v) is 11.4. The molecule has 26 heteroatoms. The molecule has 0 bridgehead atoms. The van der Waals surface area contributed by atoms with Gasteiger partial charge >= 0.3 is 49.4 Å². The lowest BCUT2D eigenvalue weighted by molar-refractivity contribution is -0.914. The normalized spacial score (nSPS) is 15.8. The molecule has 1 nitrogen and oxygen atoms in total. The lowest BCUT2D eigenvalue weighted by atomic mass is 9.12.